The average Bonchev–Trinajstić information content (AvgIpc) is 2.70. The number of ether oxygens (including phenoxy) is 1. The van der Waals surface area contributed by atoms with E-state index < -0.39 is 74.3 Å². The van der Waals surface area contributed by atoms with Gasteiger partial charge >= 0.3 is 41.9 Å². The lowest BCUT2D eigenvalue weighted by Crippen LogP contribution is -2.64. The first-order chi connectivity index (χ1) is 16.0. The van der Waals surface area contributed by atoms with E-state index in [2.05, 4.69) is 4.74 Å². The highest BCUT2D eigenvalue weighted by atomic mass is 32.2. The largest absolute Gasteiger partial charge is 0.471 e. The molecular weight excluding hydrogens is 599 g/mol. The van der Waals surface area contributed by atoms with Gasteiger partial charge in [0.1, 0.15) is 5.75 Å². The highest BCUT2D eigenvalue weighted by Gasteiger charge is 2.85. The van der Waals surface area contributed by atoms with Gasteiger partial charge in [-0.15, -0.1) is 0 Å². The zero-order chi connectivity index (χ0) is 29.8. The maximum Gasteiger partial charge on any atom is 0.471 e. The van der Waals surface area contributed by atoms with Gasteiger partial charge in [-0.25, -0.2) is 8.78 Å². The lowest BCUT2D eigenvalue weighted by Gasteiger charge is -2.36. The molecule has 1 aromatic rings. The van der Waals surface area contributed by atoms with Gasteiger partial charge in [0.25, 0.3) is 10.1 Å². The van der Waals surface area contributed by atoms with Crippen molar-refractivity contribution in [2.75, 3.05) is 0 Å². The Morgan fingerprint density at radius 1 is 0.676 bits per heavy atom. The van der Waals surface area contributed by atoms with Gasteiger partial charge in [-0.05, 0) is 12.1 Å². The molecule has 0 aliphatic rings. The third-order valence-corrected chi connectivity index (χ3v) is 4.85. The number of hydrogen-bond acceptors (Lipinski definition) is 3. The van der Waals surface area contributed by atoms with Gasteiger partial charge in [0, 0.05) is 6.07 Å². The standard InChI is InChI=1S/C15H5F17O4S/c16-7(8(17)10(20,21)12(24,25)14(28,29)30)9(18,19)11(22,23)13(26,27)15(31,32)36-5-2-1-3-6(4-5)37(33,34)35/h1-4H,(H,33,34,35)/b8-7+. The molecule has 0 spiro atoms. The predicted octanol–water partition coefficient (Wildman–Crippen LogP) is 6.79. The van der Waals surface area contributed by atoms with Crippen molar-refractivity contribution < 1.29 is 92.3 Å². The second kappa shape index (κ2) is 9.05. The summed E-state index contributed by atoms with van der Waals surface area (Å²) < 4.78 is 257. The molecule has 214 valence electrons. The first-order valence-electron chi connectivity index (χ1n) is 8.16. The number of halogens is 17. The van der Waals surface area contributed by atoms with Gasteiger partial charge in [0.05, 0.1) is 4.90 Å². The minimum atomic E-state index is -8.13. The topological polar surface area (TPSA) is 63.6 Å². The molecule has 0 bridgehead atoms. The lowest BCUT2D eigenvalue weighted by atomic mass is 9.99. The molecule has 0 unspecified atom stereocenters. The molecule has 37 heavy (non-hydrogen) atoms. The summed E-state index contributed by atoms with van der Waals surface area (Å²) in [7, 11) is -5.32. The van der Waals surface area contributed by atoms with E-state index in [1.807, 2.05) is 0 Å². The van der Waals surface area contributed by atoms with Gasteiger partial charge < -0.3 is 4.74 Å². The van der Waals surface area contributed by atoms with E-state index in [9.17, 15) is 83.1 Å². The van der Waals surface area contributed by atoms with E-state index in [4.69, 9.17) is 4.55 Å². The van der Waals surface area contributed by atoms with Crippen molar-refractivity contribution in [1.82, 2.24) is 0 Å². The number of rotatable bonds is 9. The summed E-state index contributed by atoms with van der Waals surface area (Å²) in [5.41, 5.74) is 0. The lowest BCUT2D eigenvalue weighted by molar-refractivity contribution is -0.405. The Labute approximate surface area is 192 Å². The molecule has 22 heteroatoms. The van der Waals surface area contributed by atoms with Crippen LogP contribution in [0.2, 0.25) is 0 Å². The van der Waals surface area contributed by atoms with Crippen molar-refractivity contribution in [2.24, 2.45) is 0 Å². The molecule has 1 aromatic carbocycles. The number of allylic oxidation sites excluding steroid dienone is 2. The normalized spacial score (nSPS) is 15.9. The van der Waals surface area contributed by atoms with Gasteiger partial charge in [0.2, 0.25) is 11.7 Å². The molecule has 0 saturated carbocycles. The summed E-state index contributed by atoms with van der Waals surface area (Å²) in [6.07, 6.45) is -14.6. The van der Waals surface area contributed by atoms with Crippen LogP contribution in [0.25, 0.3) is 0 Å². The Morgan fingerprint density at radius 2 is 1.08 bits per heavy atom. The fraction of sp³-hybridized carbons (Fsp3) is 0.467. The first-order valence-corrected chi connectivity index (χ1v) is 9.60. The summed E-state index contributed by atoms with van der Waals surface area (Å²) >= 11 is 0. The van der Waals surface area contributed by atoms with E-state index in [-0.39, 0.29) is 12.1 Å². The Bertz CT molecular complexity index is 1150. The third-order valence-electron chi connectivity index (χ3n) is 4.00. The second-order valence-corrected chi connectivity index (χ2v) is 7.99. The molecule has 0 saturated heterocycles. The third kappa shape index (κ3) is 5.25. The van der Waals surface area contributed by atoms with Crippen LogP contribution in [0.1, 0.15) is 0 Å². The molecular formula is C15H5F17O4S. The average molecular weight is 604 g/mol. The molecule has 0 fully saturated rings. The maximum atomic E-state index is 13.7. The van der Waals surface area contributed by atoms with E-state index in [1.165, 1.54) is 0 Å². The van der Waals surface area contributed by atoms with Gasteiger partial charge in [-0.3, -0.25) is 4.55 Å². The second-order valence-electron chi connectivity index (χ2n) is 6.57. The van der Waals surface area contributed by atoms with E-state index in [0.717, 1.165) is 0 Å². The van der Waals surface area contributed by atoms with Crippen molar-refractivity contribution in [3.05, 3.63) is 35.9 Å². The summed E-state index contributed by atoms with van der Waals surface area (Å²) in [4.78, 5) is -1.44. The molecule has 1 rings (SSSR count). The highest BCUT2D eigenvalue weighted by molar-refractivity contribution is 7.85. The summed E-state index contributed by atoms with van der Waals surface area (Å²) in [5.74, 6) is -52.2. The van der Waals surface area contributed by atoms with Crippen molar-refractivity contribution in [3.8, 4) is 5.75 Å². The molecule has 0 aromatic heterocycles. The molecule has 1 N–H and O–H groups in total. The fourth-order valence-corrected chi connectivity index (χ4v) is 2.54. The van der Waals surface area contributed by atoms with Gasteiger partial charge in [-0.1, -0.05) is 6.07 Å². The van der Waals surface area contributed by atoms with Crippen LogP contribution in [0, 0.1) is 0 Å². The summed E-state index contributed by atoms with van der Waals surface area (Å²) in [6, 6.07) is 0.464. The molecule has 0 aliphatic heterocycles. The molecule has 0 amide bonds. The molecule has 0 heterocycles. The zero-order valence-corrected chi connectivity index (χ0v) is 17.1. The van der Waals surface area contributed by atoms with E-state index in [1.54, 1.807) is 0 Å². The van der Waals surface area contributed by atoms with Crippen molar-refractivity contribution in [3.63, 3.8) is 0 Å². The predicted molar refractivity (Wildman–Crippen MR) is 81.9 cm³/mol. The van der Waals surface area contributed by atoms with E-state index in [0.29, 0.717) is 12.1 Å². The smallest absolute Gasteiger partial charge is 0.428 e. The summed E-state index contributed by atoms with van der Waals surface area (Å²) in [6.45, 7) is 0. The van der Waals surface area contributed by atoms with Crippen LogP contribution in [-0.2, 0) is 10.1 Å². The molecule has 0 atom stereocenters. The van der Waals surface area contributed by atoms with Crippen LogP contribution in [0.15, 0.2) is 40.8 Å². The van der Waals surface area contributed by atoms with Crippen LogP contribution < -0.4 is 4.74 Å². The minimum absolute atomic E-state index is 0.0644. The number of benzene rings is 1. The first kappa shape index (κ1) is 32.5. The van der Waals surface area contributed by atoms with Crippen molar-refractivity contribution in [1.29, 1.82) is 0 Å². The van der Waals surface area contributed by atoms with Crippen LogP contribution in [0.4, 0.5) is 74.6 Å². The van der Waals surface area contributed by atoms with Crippen LogP contribution in [0.5, 0.6) is 5.75 Å². The SMILES string of the molecule is O=S(=O)(O)c1cccc(OC(F)(F)C(F)(F)C(F)(F)C(F)(F)/C(F)=C(\F)C(F)(F)C(F)(F)C(F)(F)F)c1. The monoisotopic (exact) mass is 604 g/mol. The Balaban J connectivity index is 3.62. The highest BCUT2D eigenvalue weighted by Crippen LogP contribution is 2.58. The van der Waals surface area contributed by atoms with Crippen molar-refractivity contribution >= 4 is 10.1 Å². The molecule has 4 nitrogen and oxygen atoms in total. The van der Waals surface area contributed by atoms with E-state index >= 15 is 0 Å². The number of alkyl halides is 15. The fourth-order valence-electron chi connectivity index (χ4n) is 2.02. The Morgan fingerprint density at radius 3 is 1.46 bits per heavy atom. The van der Waals surface area contributed by atoms with Crippen LogP contribution in [-0.4, -0.2) is 54.9 Å². The Hall–Kier alpha value is -2.52. The number of hydrogen-bond donors (Lipinski definition) is 1. The van der Waals surface area contributed by atoms with Gasteiger partial charge in [0.15, 0.2) is 0 Å². The zero-order valence-electron chi connectivity index (χ0n) is 16.3. The summed E-state index contributed by atoms with van der Waals surface area (Å²) in [5, 5.41) is 0. The van der Waals surface area contributed by atoms with Gasteiger partial charge in [-0.2, -0.15) is 74.3 Å². The molecule has 0 aliphatic carbocycles. The quantitative estimate of drug-likeness (QED) is 0.249. The minimum Gasteiger partial charge on any atom is -0.428 e. The maximum absolute atomic E-state index is 13.7. The van der Waals surface area contributed by atoms with Crippen LogP contribution in [0.3, 0.4) is 0 Å². The Kier molecular flexibility index (Phi) is 7.95. The van der Waals surface area contributed by atoms with Crippen molar-refractivity contribution in [2.45, 2.75) is 46.8 Å². The molecule has 0 radical (unpaired) electrons. The van der Waals surface area contributed by atoms with Crippen LogP contribution >= 0.6 is 0 Å².